The van der Waals surface area contributed by atoms with Gasteiger partial charge in [0.1, 0.15) is 5.56 Å². The zero-order valence-electron chi connectivity index (χ0n) is 9.98. The van der Waals surface area contributed by atoms with Crippen LogP contribution in [-0.4, -0.2) is 22.8 Å². The molecule has 0 atom stereocenters. The average molecular weight is 310 g/mol. The first-order valence-corrected chi connectivity index (χ1v) is 6.04. The molecule has 0 fully saturated rings. The van der Waals surface area contributed by atoms with E-state index in [1.54, 1.807) is 13.2 Å². The molecule has 0 aliphatic carbocycles. The summed E-state index contributed by atoms with van der Waals surface area (Å²) in [5.41, 5.74) is 1.12. The van der Waals surface area contributed by atoms with Gasteiger partial charge in [0.15, 0.2) is 0 Å². The molecule has 5 nitrogen and oxygen atoms in total. The number of nitrogens with zero attached hydrogens (tertiary/aromatic N) is 2. The van der Waals surface area contributed by atoms with Crippen molar-refractivity contribution in [1.29, 1.82) is 0 Å². The third-order valence-corrected chi connectivity index (χ3v) is 2.86. The van der Waals surface area contributed by atoms with E-state index in [4.69, 9.17) is 4.74 Å². The summed E-state index contributed by atoms with van der Waals surface area (Å²) in [4.78, 5) is 12.0. The van der Waals surface area contributed by atoms with E-state index < -0.39 is 0 Å². The number of carbonyl (C=O) groups is 1. The maximum atomic E-state index is 12.0. The molecule has 0 saturated carbocycles. The summed E-state index contributed by atoms with van der Waals surface area (Å²) in [6, 6.07) is 7.34. The van der Waals surface area contributed by atoms with Gasteiger partial charge in [0.25, 0.3) is 5.91 Å². The predicted octanol–water partition coefficient (Wildman–Crippen LogP) is 2.44. The van der Waals surface area contributed by atoms with Crippen LogP contribution in [0.25, 0.3) is 0 Å². The molecule has 1 amide bonds. The molecule has 0 aliphatic heterocycles. The molecule has 0 radical (unpaired) electrons. The first kappa shape index (κ1) is 12.6. The Balaban J connectivity index is 2.19. The van der Waals surface area contributed by atoms with E-state index in [1.807, 2.05) is 24.3 Å². The van der Waals surface area contributed by atoms with E-state index >= 15 is 0 Å². The molecule has 1 aromatic carbocycles. The highest BCUT2D eigenvalue weighted by Crippen LogP contribution is 2.18. The van der Waals surface area contributed by atoms with E-state index in [2.05, 4.69) is 26.3 Å². The number of rotatable bonds is 3. The molecular weight excluding hydrogens is 298 g/mol. The number of carbonyl (C=O) groups excluding carboxylic acids is 1. The summed E-state index contributed by atoms with van der Waals surface area (Å²) >= 11 is 3.34. The number of methoxy groups -OCH3 is 1. The van der Waals surface area contributed by atoms with Crippen molar-refractivity contribution >= 4 is 27.5 Å². The largest absolute Gasteiger partial charge is 0.479 e. The van der Waals surface area contributed by atoms with Gasteiger partial charge >= 0.3 is 0 Å². The van der Waals surface area contributed by atoms with Crippen LogP contribution in [0.3, 0.4) is 0 Å². The second-order valence-corrected chi connectivity index (χ2v) is 4.60. The maximum Gasteiger partial charge on any atom is 0.262 e. The van der Waals surface area contributed by atoms with Crippen LogP contribution in [0.5, 0.6) is 5.88 Å². The Bertz CT molecular complexity index is 563. The van der Waals surface area contributed by atoms with Crippen molar-refractivity contribution < 1.29 is 9.53 Å². The van der Waals surface area contributed by atoms with E-state index in [0.29, 0.717) is 17.1 Å². The lowest BCUT2D eigenvalue weighted by atomic mass is 10.3. The minimum atomic E-state index is -0.248. The first-order chi connectivity index (χ1) is 8.60. The third kappa shape index (κ3) is 2.70. The number of nitrogens with one attached hydrogen (secondary N) is 1. The number of hydrogen-bond acceptors (Lipinski definition) is 3. The van der Waals surface area contributed by atoms with Crippen LogP contribution in [0, 0.1) is 0 Å². The molecule has 94 valence electrons. The Morgan fingerprint density at radius 3 is 2.67 bits per heavy atom. The molecule has 2 rings (SSSR count). The number of anilines is 1. The number of aromatic nitrogens is 2. The van der Waals surface area contributed by atoms with Gasteiger partial charge in [-0.2, -0.15) is 0 Å². The smallest absolute Gasteiger partial charge is 0.262 e. The number of halogens is 1. The number of ether oxygens (including phenoxy) is 1. The van der Waals surface area contributed by atoms with E-state index in [-0.39, 0.29) is 5.91 Å². The van der Waals surface area contributed by atoms with E-state index in [0.717, 1.165) is 4.47 Å². The lowest BCUT2D eigenvalue weighted by Gasteiger charge is -2.04. The molecule has 0 spiro atoms. The molecule has 1 aromatic heterocycles. The van der Waals surface area contributed by atoms with Crippen molar-refractivity contribution in [1.82, 2.24) is 9.78 Å². The molecule has 0 unspecified atom stereocenters. The van der Waals surface area contributed by atoms with Crippen LogP contribution in [0.15, 0.2) is 34.9 Å². The summed E-state index contributed by atoms with van der Waals surface area (Å²) in [5, 5.41) is 6.81. The second kappa shape index (κ2) is 5.22. The van der Waals surface area contributed by atoms with Gasteiger partial charge in [-0.25, -0.2) is 0 Å². The normalized spacial score (nSPS) is 10.2. The van der Waals surface area contributed by atoms with Gasteiger partial charge in [0, 0.05) is 23.4 Å². The highest BCUT2D eigenvalue weighted by Gasteiger charge is 2.16. The van der Waals surface area contributed by atoms with Crippen molar-refractivity contribution in [3.05, 3.63) is 40.5 Å². The number of aryl methyl sites for hydroxylation is 1. The van der Waals surface area contributed by atoms with Gasteiger partial charge in [-0.05, 0) is 24.3 Å². The third-order valence-electron chi connectivity index (χ3n) is 2.33. The number of amides is 1. The number of hydrogen-bond donors (Lipinski definition) is 1. The Morgan fingerprint density at radius 2 is 2.06 bits per heavy atom. The predicted molar refractivity (Wildman–Crippen MR) is 71.9 cm³/mol. The molecule has 0 saturated heterocycles. The molecule has 1 heterocycles. The van der Waals surface area contributed by atoms with Gasteiger partial charge < -0.3 is 10.1 Å². The monoisotopic (exact) mass is 309 g/mol. The summed E-state index contributed by atoms with van der Waals surface area (Å²) in [5.74, 6) is 0.0642. The van der Waals surface area contributed by atoms with Crippen LogP contribution >= 0.6 is 15.9 Å². The summed E-state index contributed by atoms with van der Waals surface area (Å²) in [7, 11) is 3.22. The van der Waals surface area contributed by atoms with Crippen molar-refractivity contribution in [2.45, 2.75) is 0 Å². The average Bonchev–Trinajstić information content (AvgIpc) is 2.73. The molecule has 0 aliphatic rings. The van der Waals surface area contributed by atoms with Crippen molar-refractivity contribution in [2.75, 3.05) is 12.4 Å². The summed E-state index contributed by atoms with van der Waals surface area (Å²) in [6.07, 6.45) is 1.62. The fourth-order valence-electron chi connectivity index (χ4n) is 1.51. The molecule has 0 bridgehead atoms. The molecular formula is C12H12BrN3O2. The molecule has 6 heteroatoms. The second-order valence-electron chi connectivity index (χ2n) is 3.69. The van der Waals surface area contributed by atoms with Crippen molar-refractivity contribution in [3.8, 4) is 5.88 Å². The Hall–Kier alpha value is -1.82. The number of benzene rings is 1. The molecule has 1 N–H and O–H groups in total. The minimum absolute atomic E-state index is 0.248. The van der Waals surface area contributed by atoms with Crippen molar-refractivity contribution in [2.24, 2.45) is 7.05 Å². The first-order valence-electron chi connectivity index (χ1n) is 5.24. The topological polar surface area (TPSA) is 56.2 Å². The highest BCUT2D eigenvalue weighted by atomic mass is 79.9. The van der Waals surface area contributed by atoms with Crippen LogP contribution in [0.2, 0.25) is 0 Å². The lowest BCUT2D eigenvalue weighted by molar-refractivity contribution is 0.102. The summed E-state index contributed by atoms with van der Waals surface area (Å²) < 4.78 is 7.54. The van der Waals surface area contributed by atoms with Crippen molar-refractivity contribution in [3.63, 3.8) is 0 Å². The zero-order valence-corrected chi connectivity index (χ0v) is 11.6. The molecule has 18 heavy (non-hydrogen) atoms. The van der Waals surface area contributed by atoms with Gasteiger partial charge in [-0.15, -0.1) is 5.10 Å². The van der Waals surface area contributed by atoms with Crippen LogP contribution in [0.1, 0.15) is 10.4 Å². The highest BCUT2D eigenvalue weighted by molar-refractivity contribution is 9.10. The fraction of sp³-hybridized carbons (Fsp3) is 0.167. The minimum Gasteiger partial charge on any atom is -0.479 e. The van der Waals surface area contributed by atoms with E-state index in [9.17, 15) is 4.79 Å². The lowest BCUT2D eigenvalue weighted by Crippen LogP contribution is -2.12. The quantitative estimate of drug-likeness (QED) is 0.947. The van der Waals surface area contributed by atoms with E-state index in [1.165, 1.54) is 11.8 Å². The van der Waals surface area contributed by atoms with Gasteiger partial charge in [-0.1, -0.05) is 15.9 Å². The van der Waals surface area contributed by atoms with Crippen LogP contribution in [0.4, 0.5) is 5.69 Å². The SMILES string of the molecule is COc1nn(C)cc1C(=O)Nc1ccc(Br)cc1. The van der Waals surface area contributed by atoms with Crippen LogP contribution < -0.4 is 10.1 Å². The maximum absolute atomic E-state index is 12.0. The summed E-state index contributed by atoms with van der Waals surface area (Å²) in [6.45, 7) is 0. The molecule has 2 aromatic rings. The standard InChI is InChI=1S/C12H12BrN3O2/c1-16-7-10(12(15-16)18-2)11(17)14-9-5-3-8(13)4-6-9/h3-7H,1-2H3,(H,14,17). The fourth-order valence-corrected chi connectivity index (χ4v) is 1.77. The Labute approximate surface area is 113 Å². The van der Waals surface area contributed by atoms with Gasteiger partial charge in [0.05, 0.1) is 7.11 Å². The Kier molecular flexibility index (Phi) is 3.66. The Morgan fingerprint density at radius 1 is 1.39 bits per heavy atom. The van der Waals surface area contributed by atoms with Gasteiger partial charge in [0.2, 0.25) is 5.88 Å². The van der Waals surface area contributed by atoms with Gasteiger partial charge in [-0.3, -0.25) is 9.48 Å². The van der Waals surface area contributed by atoms with Crippen LogP contribution in [-0.2, 0) is 7.05 Å². The zero-order chi connectivity index (χ0) is 13.1.